The highest BCUT2D eigenvalue weighted by atomic mass is 15.0. The summed E-state index contributed by atoms with van der Waals surface area (Å²) in [7, 11) is 0. The van der Waals surface area contributed by atoms with Gasteiger partial charge in [0.2, 0.25) is 0 Å². The fraction of sp³-hybridized carbons (Fsp3) is 0. The standard InChI is InChI=1S/C46H30N2/c1-3-13-32(14-4-1)45-30-42-44(47(45)36-16-5-2-6-17-36)27-26-41-40-20-9-10-21-43(40)48(46(41)42)37-18-11-15-33(29-37)34-24-25-39-35(28-34)23-22-31-12-7-8-19-38(31)39/h1-30H. The van der Waals surface area contributed by atoms with E-state index in [4.69, 9.17) is 0 Å². The number of hydrogen-bond donors (Lipinski definition) is 0. The summed E-state index contributed by atoms with van der Waals surface area (Å²) >= 11 is 0. The lowest BCUT2D eigenvalue weighted by Gasteiger charge is -2.13. The molecule has 2 nitrogen and oxygen atoms in total. The topological polar surface area (TPSA) is 9.86 Å². The first-order valence-electron chi connectivity index (χ1n) is 16.5. The molecule has 0 atom stereocenters. The first-order chi connectivity index (χ1) is 23.8. The average Bonchev–Trinajstić information content (AvgIpc) is 3.72. The molecule has 0 aliphatic heterocycles. The second kappa shape index (κ2) is 10.6. The van der Waals surface area contributed by atoms with Gasteiger partial charge in [-0.05, 0) is 86.8 Å². The van der Waals surface area contributed by atoms with Crippen molar-refractivity contribution in [2.24, 2.45) is 0 Å². The maximum Gasteiger partial charge on any atom is 0.0635 e. The minimum Gasteiger partial charge on any atom is -0.309 e. The van der Waals surface area contributed by atoms with Gasteiger partial charge < -0.3 is 9.13 Å². The molecule has 0 amide bonds. The molecule has 0 saturated carbocycles. The Balaban J connectivity index is 1.23. The molecular weight excluding hydrogens is 581 g/mol. The maximum absolute atomic E-state index is 2.47. The molecule has 2 heterocycles. The molecule has 0 bridgehead atoms. The van der Waals surface area contributed by atoms with Crippen molar-refractivity contribution in [3.63, 3.8) is 0 Å². The van der Waals surface area contributed by atoms with Gasteiger partial charge in [-0.15, -0.1) is 0 Å². The van der Waals surface area contributed by atoms with Gasteiger partial charge in [0.05, 0.1) is 22.2 Å². The quantitative estimate of drug-likeness (QED) is 0.175. The van der Waals surface area contributed by atoms with Crippen molar-refractivity contribution < 1.29 is 0 Å². The number of rotatable bonds is 4. The number of nitrogens with zero attached hydrogens (tertiary/aromatic N) is 2. The molecule has 10 rings (SSSR count). The highest BCUT2D eigenvalue weighted by molar-refractivity contribution is 6.19. The summed E-state index contributed by atoms with van der Waals surface area (Å²) in [6.45, 7) is 0. The zero-order valence-corrected chi connectivity index (χ0v) is 26.2. The Morgan fingerprint density at radius 1 is 0.292 bits per heavy atom. The minimum absolute atomic E-state index is 1.15. The molecule has 224 valence electrons. The van der Waals surface area contributed by atoms with Crippen molar-refractivity contribution in [3.8, 4) is 33.8 Å². The number of para-hydroxylation sites is 2. The number of benzene rings is 8. The van der Waals surface area contributed by atoms with Crippen molar-refractivity contribution in [1.82, 2.24) is 9.13 Å². The van der Waals surface area contributed by atoms with E-state index in [1.54, 1.807) is 0 Å². The van der Waals surface area contributed by atoms with E-state index in [1.807, 2.05) is 0 Å². The van der Waals surface area contributed by atoms with Crippen LogP contribution in [0.3, 0.4) is 0 Å². The molecule has 0 N–H and O–H groups in total. The van der Waals surface area contributed by atoms with E-state index in [1.165, 1.54) is 76.6 Å². The Bertz CT molecular complexity index is 2820. The van der Waals surface area contributed by atoms with Crippen LogP contribution >= 0.6 is 0 Å². The molecule has 0 aliphatic carbocycles. The fourth-order valence-electron chi connectivity index (χ4n) is 7.70. The van der Waals surface area contributed by atoms with Crippen LogP contribution in [0.4, 0.5) is 0 Å². The summed E-state index contributed by atoms with van der Waals surface area (Å²) in [5.41, 5.74) is 10.7. The van der Waals surface area contributed by atoms with Gasteiger partial charge in [-0.25, -0.2) is 0 Å². The number of aromatic nitrogens is 2. The highest BCUT2D eigenvalue weighted by Gasteiger charge is 2.20. The smallest absolute Gasteiger partial charge is 0.0635 e. The van der Waals surface area contributed by atoms with Crippen LogP contribution < -0.4 is 0 Å². The summed E-state index contributed by atoms with van der Waals surface area (Å²) in [6, 6.07) is 66.2. The third kappa shape index (κ3) is 4.06. The van der Waals surface area contributed by atoms with Crippen molar-refractivity contribution in [2.75, 3.05) is 0 Å². The Morgan fingerprint density at radius 3 is 1.79 bits per heavy atom. The van der Waals surface area contributed by atoms with Gasteiger partial charge >= 0.3 is 0 Å². The molecule has 2 aromatic heterocycles. The normalized spacial score (nSPS) is 11.8. The molecule has 0 fully saturated rings. The summed E-state index contributed by atoms with van der Waals surface area (Å²) in [4.78, 5) is 0. The fourth-order valence-corrected chi connectivity index (χ4v) is 7.70. The molecule has 0 spiro atoms. The van der Waals surface area contributed by atoms with Crippen LogP contribution in [-0.2, 0) is 0 Å². The molecule has 2 heteroatoms. The van der Waals surface area contributed by atoms with Crippen molar-refractivity contribution in [2.45, 2.75) is 0 Å². The van der Waals surface area contributed by atoms with E-state index in [9.17, 15) is 0 Å². The Hall–Kier alpha value is -6.38. The van der Waals surface area contributed by atoms with E-state index >= 15 is 0 Å². The molecule has 0 saturated heterocycles. The van der Waals surface area contributed by atoms with Crippen molar-refractivity contribution in [3.05, 3.63) is 182 Å². The Morgan fingerprint density at radius 2 is 0.917 bits per heavy atom. The lowest BCUT2D eigenvalue weighted by Crippen LogP contribution is -1.97. The Kier molecular flexibility index (Phi) is 5.91. The second-order valence-electron chi connectivity index (χ2n) is 12.6. The monoisotopic (exact) mass is 610 g/mol. The van der Waals surface area contributed by atoms with Crippen LogP contribution in [0.5, 0.6) is 0 Å². The summed E-state index contributed by atoms with van der Waals surface area (Å²) in [5, 5.41) is 8.85. The third-order valence-electron chi connectivity index (χ3n) is 9.88. The number of hydrogen-bond acceptors (Lipinski definition) is 0. The van der Waals surface area contributed by atoms with Crippen LogP contribution in [0, 0.1) is 0 Å². The van der Waals surface area contributed by atoms with Crippen molar-refractivity contribution in [1.29, 1.82) is 0 Å². The minimum atomic E-state index is 1.15. The molecule has 0 radical (unpaired) electrons. The largest absolute Gasteiger partial charge is 0.309 e. The molecule has 0 unspecified atom stereocenters. The van der Waals surface area contributed by atoms with Crippen LogP contribution in [0.25, 0.3) is 88.0 Å². The van der Waals surface area contributed by atoms with E-state index < -0.39 is 0 Å². The van der Waals surface area contributed by atoms with Gasteiger partial charge in [0.1, 0.15) is 0 Å². The highest BCUT2D eigenvalue weighted by Crippen LogP contribution is 2.41. The lowest BCUT2D eigenvalue weighted by atomic mass is 9.97. The van der Waals surface area contributed by atoms with Gasteiger partial charge in [0, 0.05) is 27.5 Å². The van der Waals surface area contributed by atoms with Crippen LogP contribution in [-0.4, -0.2) is 9.13 Å². The van der Waals surface area contributed by atoms with E-state index in [0.29, 0.717) is 0 Å². The zero-order valence-electron chi connectivity index (χ0n) is 26.2. The first-order valence-corrected chi connectivity index (χ1v) is 16.5. The van der Waals surface area contributed by atoms with Gasteiger partial charge in [-0.1, -0.05) is 133 Å². The predicted molar refractivity (Wildman–Crippen MR) is 203 cm³/mol. The second-order valence-corrected chi connectivity index (χ2v) is 12.6. The van der Waals surface area contributed by atoms with Crippen molar-refractivity contribution >= 4 is 54.3 Å². The SMILES string of the molecule is c1ccc(-c2cc3c(ccc4c5ccccc5n(-c5cccc(-c6ccc7c(ccc8ccccc87)c6)c5)c43)n2-c2ccccc2)cc1. The zero-order chi connectivity index (χ0) is 31.6. The van der Waals surface area contributed by atoms with E-state index in [-0.39, 0.29) is 0 Å². The summed E-state index contributed by atoms with van der Waals surface area (Å²) in [5.74, 6) is 0. The number of fused-ring (bicyclic) bond motifs is 8. The summed E-state index contributed by atoms with van der Waals surface area (Å²) < 4.78 is 4.87. The van der Waals surface area contributed by atoms with E-state index in [0.717, 1.165) is 11.4 Å². The van der Waals surface area contributed by atoms with Gasteiger partial charge in [-0.2, -0.15) is 0 Å². The molecular formula is C46H30N2. The molecule has 8 aromatic carbocycles. The molecule has 48 heavy (non-hydrogen) atoms. The van der Waals surface area contributed by atoms with Gasteiger partial charge in [0.15, 0.2) is 0 Å². The van der Waals surface area contributed by atoms with Gasteiger partial charge in [-0.3, -0.25) is 0 Å². The van der Waals surface area contributed by atoms with Gasteiger partial charge in [0.25, 0.3) is 0 Å². The molecule has 0 aliphatic rings. The lowest BCUT2D eigenvalue weighted by molar-refractivity contribution is 1.13. The summed E-state index contributed by atoms with van der Waals surface area (Å²) in [6.07, 6.45) is 0. The first kappa shape index (κ1) is 26.8. The maximum atomic E-state index is 2.47. The van der Waals surface area contributed by atoms with Crippen LogP contribution in [0.1, 0.15) is 0 Å². The molecule has 10 aromatic rings. The van der Waals surface area contributed by atoms with E-state index in [2.05, 4.69) is 191 Å². The predicted octanol–water partition coefficient (Wildman–Crippen LogP) is 12.4. The van der Waals surface area contributed by atoms with Crippen LogP contribution in [0.15, 0.2) is 182 Å². The Labute approximate surface area is 278 Å². The average molecular weight is 611 g/mol. The van der Waals surface area contributed by atoms with Crippen LogP contribution in [0.2, 0.25) is 0 Å². The third-order valence-corrected chi connectivity index (χ3v) is 9.88.